The standard InChI is InChI=1S/C11H21NO2/c1-7(11(13)14-4)8(2)12-9(3)10-5-6-10/h7-10,12H,5-6H2,1-4H3. The number of carbonyl (C=O) groups excluding carboxylic acids is 1. The van der Waals surface area contributed by atoms with Gasteiger partial charge in [0.2, 0.25) is 0 Å². The molecule has 0 aromatic heterocycles. The largest absolute Gasteiger partial charge is 0.469 e. The number of methoxy groups -OCH3 is 1. The molecule has 3 nitrogen and oxygen atoms in total. The van der Waals surface area contributed by atoms with Crippen LogP contribution in [-0.4, -0.2) is 25.2 Å². The van der Waals surface area contributed by atoms with E-state index >= 15 is 0 Å². The minimum atomic E-state index is -0.131. The molecule has 0 bridgehead atoms. The average Bonchev–Trinajstić information content (AvgIpc) is 2.98. The molecule has 0 aromatic rings. The van der Waals surface area contributed by atoms with Crippen molar-refractivity contribution in [1.29, 1.82) is 0 Å². The van der Waals surface area contributed by atoms with E-state index in [2.05, 4.69) is 12.2 Å². The first-order valence-corrected chi connectivity index (χ1v) is 5.40. The molecular weight excluding hydrogens is 178 g/mol. The smallest absolute Gasteiger partial charge is 0.309 e. The van der Waals surface area contributed by atoms with Crippen LogP contribution in [0.1, 0.15) is 33.6 Å². The Bertz CT molecular complexity index is 201. The highest BCUT2D eigenvalue weighted by Gasteiger charge is 2.30. The zero-order chi connectivity index (χ0) is 10.7. The van der Waals surface area contributed by atoms with Gasteiger partial charge in [-0.05, 0) is 32.6 Å². The number of carbonyl (C=O) groups is 1. The molecule has 0 heterocycles. The third-order valence-corrected chi connectivity index (χ3v) is 3.18. The molecular formula is C11H21NO2. The Morgan fingerprint density at radius 3 is 2.36 bits per heavy atom. The minimum absolute atomic E-state index is 0.0683. The molecule has 0 saturated heterocycles. The summed E-state index contributed by atoms with van der Waals surface area (Å²) in [6, 6.07) is 0.718. The van der Waals surface area contributed by atoms with Crippen molar-refractivity contribution in [1.82, 2.24) is 5.32 Å². The molecule has 0 radical (unpaired) electrons. The maximum Gasteiger partial charge on any atom is 0.309 e. The Morgan fingerprint density at radius 2 is 1.93 bits per heavy atom. The number of nitrogens with one attached hydrogen (secondary N) is 1. The van der Waals surface area contributed by atoms with E-state index in [1.807, 2.05) is 13.8 Å². The summed E-state index contributed by atoms with van der Waals surface area (Å²) in [6.07, 6.45) is 2.65. The van der Waals surface area contributed by atoms with Crippen LogP contribution in [0.25, 0.3) is 0 Å². The predicted molar refractivity (Wildman–Crippen MR) is 56.0 cm³/mol. The van der Waals surface area contributed by atoms with E-state index in [4.69, 9.17) is 4.74 Å². The summed E-state index contributed by atoms with van der Waals surface area (Å²) < 4.78 is 4.71. The normalized spacial score (nSPS) is 22.6. The summed E-state index contributed by atoms with van der Waals surface area (Å²) >= 11 is 0. The maximum absolute atomic E-state index is 11.3. The maximum atomic E-state index is 11.3. The van der Waals surface area contributed by atoms with Crippen molar-refractivity contribution in [2.45, 2.75) is 45.7 Å². The quantitative estimate of drug-likeness (QED) is 0.683. The molecule has 3 heteroatoms. The van der Waals surface area contributed by atoms with Gasteiger partial charge in [0.15, 0.2) is 0 Å². The summed E-state index contributed by atoms with van der Waals surface area (Å²) in [5, 5.41) is 3.46. The third kappa shape index (κ3) is 2.98. The Hall–Kier alpha value is -0.570. The van der Waals surface area contributed by atoms with E-state index in [-0.39, 0.29) is 17.9 Å². The van der Waals surface area contributed by atoms with Crippen LogP contribution in [0.5, 0.6) is 0 Å². The Balaban J connectivity index is 2.31. The lowest BCUT2D eigenvalue weighted by molar-refractivity contribution is -0.145. The van der Waals surface area contributed by atoms with E-state index in [9.17, 15) is 4.79 Å². The van der Waals surface area contributed by atoms with Crippen molar-refractivity contribution in [3.63, 3.8) is 0 Å². The molecule has 0 spiro atoms. The van der Waals surface area contributed by atoms with Gasteiger partial charge >= 0.3 is 5.97 Å². The van der Waals surface area contributed by atoms with Crippen LogP contribution < -0.4 is 5.32 Å². The SMILES string of the molecule is COC(=O)C(C)C(C)NC(C)C1CC1. The van der Waals surface area contributed by atoms with Gasteiger partial charge in [0.25, 0.3) is 0 Å². The average molecular weight is 199 g/mol. The van der Waals surface area contributed by atoms with Gasteiger partial charge in [0.05, 0.1) is 13.0 Å². The first-order valence-electron chi connectivity index (χ1n) is 5.40. The van der Waals surface area contributed by atoms with Crippen molar-refractivity contribution in [2.24, 2.45) is 11.8 Å². The Kier molecular flexibility index (Phi) is 3.93. The number of hydrogen-bond acceptors (Lipinski definition) is 3. The van der Waals surface area contributed by atoms with Crippen molar-refractivity contribution < 1.29 is 9.53 Å². The number of esters is 1. The van der Waals surface area contributed by atoms with Crippen LogP contribution in [0.4, 0.5) is 0 Å². The molecule has 1 rings (SSSR count). The van der Waals surface area contributed by atoms with Crippen molar-refractivity contribution in [3.05, 3.63) is 0 Å². The van der Waals surface area contributed by atoms with Crippen molar-refractivity contribution >= 4 is 5.97 Å². The third-order valence-electron chi connectivity index (χ3n) is 3.18. The summed E-state index contributed by atoms with van der Waals surface area (Å²) in [5.74, 6) is 0.622. The molecule has 1 saturated carbocycles. The van der Waals surface area contributed by atoms with Gasteiger partial charge in [-0.1, -0.05) is 6.92 Å². The second-order valence-electron chi connectivity index (χ2n) is 4.39. The van der Waals surface area contributed by atoms with Crippen molar-refractivity contribution in [3.8, 4) is 0 Å². The molecule has 3 unspecified atom stereocenters. The van der Waals surface area contributed by atoms with Crippen LogP contribution in [0, 0.1) is 11.8 Å². The fourth-order valence-electron chi connectivity index (χ4n) is 1.68. The highest BCUT2D eigenvalue weighted by Crippen LogP contribution is 2.32. The molecule has 1 aliphatic carbocycles. The van der Waals surface area contributed by atoms with Gasteiger partial charge in [-0.25, -0.2) is 0 Å². The van der Waals surface area contributed by atoms with Crippen molar-refractivity contribution in [2.75, 3.05) is 7.11 Å². The number of ether oxygens (including phenoxy) is 1. The van der Waals surface area contributed by atoms with Crippen LogP contribution in [0.3, 0.4) is 0 Å². The van der Waals surface area contributed by atoms with Gasteiger partial charge in [-0.15, -0.1) is 0 Å². The molecule has 0 aromatic carbocycles. The lowest BCUT2D eigenvalue weighted by atomic mass is 10.0. The van der Waals surface area contributed by atoms with E-state index in [0.717, 1.165) is 5.92 Å². The van der Waals surface area contributed by atoms with Crippen LogP contribution in [0.2, 0.25) is 0 Å². The Morgan fingerprint density at radius 1 is 1.36 bits per heavy atom. The number of hydrogen-bond donors (Lipinski definition) is 1. The van der Waals surface area contributed by atoms with E-state index in [0.29, 0.717) is 6.04 Å². The molecule has 1 fully saturated rings. The zero-order valence-corrected chi connectivity index (χ0v) is 9.54. The van der Waals surface area contributed by atoms with E-state index < -0.39 is 0 Å². The van der Waals surface area contributed by atoms with Crippen LogP contribution >= 0.6 is 0 Å². The first kappa shape index (κ1) is 11.5. The molecule has 1 N–H and O–H groups in total. The minimum Gasteiger partial charge on any atom is -0.469 e. The highest BCUT2D eigenvalue weighted by atomic mass is 16.5. The van der Waals surface area contributed by atoms with Gasteiger partial charge in [-0.2, -0.15) is 0 Å². The molecule has 3 atom stereocenters. The lowest BCUT2D eigenvalue weighted by Crippen LogP contribution is -2.42. The topological polar surface area (TPSA) is 38.3 Å². The zero-order valence-electron chi connectivity index (χ0n) is 9.54. The molecule has 0 aliphatic heterocycles. The van der Waals surface area contributed by atoms with Crippen LogP contribution in [-0.2, 0) is 9.53 Å². The second-order valence-corrected chi connectivity index (χ2v) is 4.39. The van der Waals surface area contributed by atoms with E-state index in [1.165, 1.54) is 20.0 Å². The predicted octanol–water partition coefficient (Wildman–Crippen LogP) is 1.57. The van der Waals surface area contributed by atoms with E-state index in [1.54, 1.807) is 0 Å². The summed E-state index contributed by atoms with van der Waals surface area (Å²) in [4.78, 5) is 11.3. The molecule has 1 aliphatic rings. The molecule has 0 amide bonds. The first-order chi connectivity index (χ1) is 6.56. The Labute approximate surface area is 86.2 Å². The van der Waals surface area contributed by atoms with Crippen LogP contribution in [0.15, 0.2) is 0 Å². The number of rotatable bonds is 5. The summed E-state index contributed by atoms with van der Waals surface area (Å²) in [5.41, 5.74) is 0. The van der Waals surface area contributed by atoms with Gasteiger partial charge < -0.3 is 10.1 Å². The van der Waals surface area contributed by atoms with Gasteiger partial charge in [-0.3, -0.25) is 4.79 Å². The highest BCUT2D eigenvalue weighted by molar-refractivity contribution is 5.72. The van der Waals surface area contributed by atoms with Gasteiger partial charge in [0.1, 0.15) is 0 Å². The molecule has 82 valence electrons. The lowest BCUT2D eigenvalue weighted by Gasteiger charge is -2.23. The summed E-state index contributed by atoms with van der Waals surface area (Å²) in [6.45, 7) is 6.14. The fourth-order valence-corrected chi connectivity index (χ4v) is 1.68. The second kappa shape index (κ2) is 4.78. The van der Waals surface area contributed by atoms with Gasteiger partial charge in [0, 0.05) is 12.1 Å². The monoisotopic (exact) mass is 199 g/mol. The summed E-state index contributed by atoms with van der Waals surface area (Å²) in [7, 11) is 1.44. The molecule has 14 heavy (non-hydrogen) atoms. The fraction of sp³-hybridized carbons (Fsp3) is 0.909.